The highest BCUT2D eigenvalue weighted by Crippen LogP contribution is 2.38. The fourth-order valence-corrected chi connectivity index (χ4v) is 2.76. The zero-order valence-corrected chi connectivity index (χ0v) is 9.74. The topological polar surface area (TPSA) is 46.2 Å². The van der Waals surface area contributed by atoms with Gasteiger partial charge in [-0.3, -0.25) is 0 Å². The molecule has 0 heterocycles. The molecule has 0 saturated heterocycles. The molecular weight excluding hydrogens is 174 g/mol. The second-order valence-electron chi connectivity index (χ2n) is 5.19. The Morgan fingerprint density at radius 1 is 1.36 bits per heavy atom. The SMILES string of the molecule is CC[C@H](N)[C@H](O)CC1CC(C)CC1C. The normalized spacial score (nSPS) is 37.1. The third-order valence-electron chi connectivity index (χ3n) is 3.79. The largest absolute Gasteiger partial charge is 0.392 e. The van der Waals surface area contributed by atoms with Gasteiger partial charge in [0.25, 0.3) is 0 Å². The Balaban J connectivity index is 2.36. The van der Waals surface area contributed by atoms with E-state index in [1.165, 1.54) is 12.8 Å². The third kappa shape index (κ3) is 2.96. The Kier molecular flexibility index (Phi) is 4.39. The van der Waals surface area contributed by atoms with Crippen molar-refractivity contribution >= 4 is 0 Å². The Labute approximate surface area is 87.9 Å². The van der Waals surface area contributed by atoms with E-state index in [1.54, 1.807) is 0 Å². The van der Waals surface area contributed by atoms with Crippen LogP contribution in [0, 0.1) is 17.8 Å². The van der Waals surface area contributed by atoms with Gasteiger partial charge >= 0.3 is 0 Å². The maximum Gasteiger partial charge on any atom is 0.0693 e. The molecule has 0 amide bonds. The van der Waals surface area contributed by atoms with Crippen molar-refractivity contribution in [1.82, 2.24) is 0 Å². The highest BCUT2D eigenvalue weighted by Gasteiger charge is 2.31. The van der Waals surface area contributed by atoms with Crippen LogP contribution in [-0.2, 0) is 0 Å². The van der Waals surface area contributed by atoms with Crippen molar-refractivity contribution in [3.05, 3.63) is 0 Å². The summed E-state index contributed by atoms with van der Waals surface area (Å²) >= 11 is 0. The highest BCUT2D eigenvalue weighted by atomic mass is 16.3. The van der Waals surface area contributed by atoms with Crippen LogP contribution in [0.15, 0.2) is 0 Å². The number of aliphatic hydroxyl groups excluding tert-OH is 1. The molecule has 0 spiro atoms. The van der Waals surface area contributed by atoms with Crippen LogP contribution < -0.4 is 5.73 Å². The van der Waals surface area contributed by atoms with Gasteiger partial charge < -0.3 is 10.8 Å². The lowest BCUT2D eigenvalue weighted by Gasteiger charge is -2.23. The van der Waals surface area contributed by atoms with Gasteiger partial charge in [0.2, 0.25) is 0 Å². The van der Waals surface area contributed by atoms with Gasteiger partial charge in [-0.05, 0) is 43.4 Å². The zero-order chi connectivity index (χ0) is 10.7. The van der Waals surface area contributed by atoms with Crippen LogP contribution in [0.1, 0.15) is 46.5 Å². The van der Waals surface area contributed by atoms with Crippen molar-refractivity contribution in [3.8, 4) is 0 Å². The van der Waals surface area contributed by atoms with Gasteiger partial charge in [-0.15, -0.1) is 0 Å². The van der Waals surface area contributed by atoms with Gasteiger partial charge in [-0.2, -0.15) is 0 Å². The lowest BCUT2D eigenvalue weighted by atomic mass is 9.89. The number of rotatable bonds is 4. The molecule has 3 unspecified atom stereocenters. The van der Waals surface area contributed by atoms with Gasteiger partial charge in [0.15, 0.2) is 0 Å². The van der Waals surface area contributed by atoms with E-state index < -0.39 is 0 Å². The molecule has 1 fully saturated rings. The molecule has 3 N–H and O–H groups in total. The first-order valence-corrected chi connectivity index (χ1v) is 5.98. The van der Waals surface area contributed by atoms with Gasteiger partial charge in [0, 0.05) is 6.04 Å². The Morgan fingerprint density at radius 3 is 2.43 bits per heavy atom. The van der Waals surface area contributed by atoms with Crippen LogP contribution in [0.3, 0.4) is 0 Å². The molecule has 0 bridgehead atoms. The summed E-state index contributed by atoms with van der Waals surface area (Å²) in [7, 11) is 0. The average molecular weight is 199 g/mol. The van der Waals surface area contributed by atoms with Gasteiger partial charge in [-0.1, -0.05) is 20.8 Å². The number of hydrogen-bond acceptors (Lipinski definition) is 2. The summed E-state index contributed by atoms with van der Waals surface area (Å²) in [5.41, 5.74) is 5.82. The predicted molar refractivity (Wildman–Crippen MR) is 59.9 cm³/mol. The molecule has 2 heteroatoms. The standard InChI is InChI=1S/C12H25NO/c1-4-11(13)12(14)7-10-6-8(2)5-9(10)3/h8-12,14H,4-7,13H2,1-3H3/t8?,9?,10?,11-,12+/m0/s1. The summed E-state index contributed by atoms with van der Waals surface area (Å²) in [4.78, 5) is 0. The molecule has 1 rings (SSSR count). The molecule has 5 atom stereocenters. The van der Waals surface area contributed by atoms with E-state index in [1.807, 2.05) is 6.92 Å². The lowest BCUT2D eigenvalue weighted by Crippen LogP contribution is -2.35. The Morgan fingerprint density at radius 2 is 2.00 bits per heavy atom. The van der Waals surface area contributed by atoms with Crippen LogP contribution in [0.2, 0.25) is 0 Å². The molecule has 1 saturated carbocycles. The highest BCUT2D eigenvalue weighted by molar-refractivity contribution is 4.83. The molecule has 1 aliphatic rings. The average Bonchev–Trinajstić information content (AvgIpc) is 2.44. The Hall–Kier alpha value is -0.0800. The van der Waals surface area contributed by atoms with Crippen molar-refractivity contribution in [2.45, 2.75) is 58.6 Å². The maximum atomic E-state index is 9.86. The van der Waals surface area contributed by atoms with Gasteiger partial charge in [-0.25, -0.2) is 0 Å². The van der Waals surface area contributed by atoms with Crippen molar-refractivity contribution in [2.75, 3.05) is 0 Å². The van der Waals surface area contributed by atoms with Crippen LogP contribution in [0.4, 0.5) is 0 Å². The van der Waals surface area contributed by atoms with E-state index in [0.717, 1.165) is 24.7 Å². The summed E-state index contributed by atoms with van der Waals surface area (Å²) in [5, 5.41) is 9.86. The zero-order valence-electron chi connectivity index (χ0n) is 9.74. The van der Waals surface area contributed by atoms with Crippen LogP contribution in [0.5, 0.6) is 0 Å². The number of aliphatic hydroxyl groups is 1. The minimum absolute atomic E-state index is 0.0295. The van der Waals surface area contributed by atoms with Crippen LogP contribution >= 0.6 is 0 Å². The quantitative estimate of drug-likeness (QED) is 0.729. The van der Waals surface area contributed by atoms with E-state index in [9.17, 15) is 5.11 Å². The predicted octanol–water partition coefficient (Wildman–Crippen LogP) is 2.16. The number of hydrogen-bond donors (Lipinski definition) is 2. The molecule has 0 radical (unpaired) electrons. The van der Waals surface area contributed by atoms with Crippen molar-refractivity contribution in [2.24, 2.45) is 23.5 Å². The van der Waals surface area contributed by atoms with E-state index in [4.69, 9.17) is 5.73 Å². The molecule has 2 nitrogen and oxygen atoms in total. The summed E-state index contributed by atoms with van der Waals surface area (Å²) in [5.74, 6) is 2.29. The van der Waals surface area contributed by atoms with Gasteiger partial charge in [0.05, 0.1) is 6.10 Å². The molecule has 0 aliphatic heterocycles. The molecule has 1 aliphatic carbocycles. The van der Waals surface area contributed by atoms with Gasteiger partial charge in [0.1, 0.15) is 0 Å². The van der Waals surface area contributed by atoms with Crippen LogP contribution in [0.25, 0.3) is 0 Å². The fourth-order valence-electron chi connectivity index (χ4n) is 2.76. The first-order valence-electron chi connectivity index (χ1n) is 5.98. The third-order valence-corrected chi connectivity index (χ3v) is 3.79. The molecule has 0 aromatic heterocycles. The summed E-state index contributed by atoms with van der Waals surface area (Å²) in [6, 6.07) is -0.0295. The van der Waals surface area contributed by atoms with Crippen molar-refractivity contribution in [3.63, 3.8) is 0 Å². The second-order valence-corrected chi connectivity index (χ2v) is 5.19. The van der Waals surface area contributed by atoms with E-state index in [0.29, 0.717) is 5.92 Å². The summed E-state index contributed by atoms with van der Waals surface area (Å²) in [6.07, 6.45) is 4.07. The first kappa shape index (κ1) is 12.0. The van der Waals surface area contributed by atoms with Crippen LogP contribution in [-0.4, -0.2) is 17.3 Å². The minimum atomic E-state index is -0.294. The van der Waals surface area contributed by atoms with Crippen molar-refractivity contribution in [1.29, 1.82) is 0 Å². The van der Waals surface area contributed by atoms with E-state index in [-0.39, 0.29) is 12.1 Å². The molecule has 84 valence electrons. The second kappa shape index (κ2) is 5.13. The fraction of sp³-hybridized carbons (Fsp3) is 1.00. The van der Waals surface area contributed by atoms with E-state index in [2.05, 4.69) is 13.8 Å². The summed E-state index contributed by atoms with van der Waals surface area (Å²) < 4.78 is 0. The van der Waals surface area contributed by atoms with E-state index >= 15 is 0 Å². The monoisotopic (exact) mass is 199 g/mol. The van der Waals surface area contributed by atoms with Crippen molar-refractivity contribution < 1.29 is 5.11 Å². The molecule has 0 aromatic rings. The summed E-state index contributed by atoms with van der Waals surface area (Å²) in [6.45, 7) is 6.65. The smallest absolute Gasteiger partial charge is 0.0693 e. The Bertz CT molecular complexity index is 172. The molecular formula is C12H25NO. The number of nitrogens with two attached hydrogens (primary N) is 1. The first-order chi connectivity index (χ1) is 6.54. The lowest BCUT2D eigenvalue weighted by molar-refractivity contribution is 0.106. The molecule has 14 heavy (non-hydrogen) atoms. The molecule has 0 aromatic carbocycles. The maximum absolute atomic E-state index is 9.86. The minimum Gasteiger partial charge on any atom is -0.392 e.